The summed E-state index contributed by atoms with van der Waals surface area (Å²) in [6.45, 7) is 9.00. The summed E-state index contributed by atoms with van der Waals surface area (Å²) in [5, 5.41) is 13.1. The average Bonchev–Trinajstić information content (AvgIpc) is 3.56. The monoisotopic (exact) mass is 610 g/mol. The van der Waals surface area contributed by atoms with E-state index in [0.717, 1.165) is 39.0 Å². The van der Waals surface area contributed by atoms with Gasteiger partial charge in [0.1, 0.15) is 24.7 Å². The van der Waals surface area contributed by atoms with E-state index in [0.29, 0.717) is 24.7 Å². The van der Waals surface area contributed by atoms with Crippen LogP contribution in [0.15, 0.2) is 116 Å². The molecular formula is C40H38N2O4. The summed E-state index contributed by atoms with van der Waals surface area (Å²) >= 11 is 0. The molecule has 46 heavy (non-hydrogen) atoms. The van der Waals surface area contributed by atoms with Crippen LogP contribution in [0, 0.1) is 18.8 Å². The van der Waals surface area contributed by atoms with Gasteiger partial charge in [0.15, 0.2) is 6.61 Å². The number of aryl methyl sites for hydroxylation is 1. The molecular weight excluding hydrogens is 572 g/mol. The van der Waals surface area contributed by atoms with Gasteiger partial charge in [-0.1, -0.05) is 93.3 Å². The molecule has 0 atom stereocenters. The van der Waals surface area contributed by atoms with Crippen molar-refractivity contribution >= 4 is 11.5 Å². The molecule has 0 radical (unpaired) electrons. The largest absolute Gasteiger partial charge is 0.489 e. The molecule has 0 unspecified atom stereocenters. The lowest BCUT2D eigenvalue weighted by atomic mass is 9.85. The molecule has 0 saturated heterocycles. The van der Waals surface area contributed by atoms with E-state index >= 15 is 0 Å². The summed E-state index contributed by atoms with van der Waals surface area (Å²) < 4.78 is 13.3. The van der Waals surface area contributed by atoms with Crippen molar-refractivity contribution in [3.63, 3.8) is 0 Å². The molecule has 0 spiro atoms. The minimum absolute atomic E-state index is 0.0718. The molecule has 0 saturated carbocycles. The molecule has 0 amide bonds. The lowest BCUT2D eigenvalue weighted by Gasteiger charge is -2.20. The van der Waals surface area contributed by atoms with Crippen LogP contribution in [0.25, 0.3) is 16.7 Å². The van der Waals surface area contributed by atoms with Crippen LogP contribution < -0.4 is 9.47 Å². The van der Waals surface area contributed by atoms with Gasteiger partial charge in [-0.25, -0.2) is 4.79 Å². The van der Waals surface area contributed by atoms with Crippen molar-refractivity contribution in [2.45, 2.75) is 39.7 Å². The number of benzene rings is 4. The second-order valence-electron chi connectivity index (χ2n) is 12.0. The Kier molecular flexibility index (Phi) is 10.0. The third-order valence-electron chi connectivity index (χ3n) is 7.54. The SMILES string of the molecule is Cc1cc(OCC=C(c2ccc(C#CCn3cccn3)cc2)c2ccccc2-c2ccc(C(C)(C)C)cc2)ccc1OCC(=O)O. The van der Waals surface area contributed by atoms with Crippen molar-refractivity contribution in [2.24, 2.45) is 0 Å². The molecule has 0 fully saturated rings. The van der Waals surface area contributed by atoms with E-state index in [1.807, 2.05) is 37.4 Å². The number of carboxylic acids is 1. The molecule has 0 aliphatic heterocycles. The number of aliphatic carboxylic acids is 1. The van der Waals surface area contributed by atoms with Crippen LogP contribution in [0.2, 0.25) is 0 Å². The second-order valence-corrected chi connectivity index (χ2v) is 12.0. The lowest BCUT2D eigenvalue weighted by Crippen LogP contribution is -2.10. The Morgan fingerprint density at radius 1 is 0.935 bits per heavy atom. The molecule has 4 aromatic carbocycles. The molecule has 232 valence electrons. The van der Waals surface area contributed by atoms with Crippen molar-refractivity contribution < 1.29 is 19.4 Å². The smallest absolute Gasteiger partial charge is 0.341 e. The first-order chi connectivity index (χ1) is 22.2. The fourth-order valence-electron chi connectivity index (χ4n) is 5.09. The minimum atomic E-state index is -1.02. The Labute approximate surface area is 271 Å². The highest BCUT2D eigenvalue weighted by Gasteiger charge is 2.16. The standard InChI is InChI=1S/C40H38N2O4/c1-29-27-34(20-21-38(29)46-28-39(43)44)45-26-22-36(31-14-12-30(13-15-31)9-7-24-42-25-8-23-41-42)37-11-6-5-10-35(37)32-16-18-33(19-17-32)40(2,3)4/h5-6,8,10-23,25,27H,24,26,28H2,1-4H3,(H,43,44). The zero-order chi connectivity index (χ0) is 32.5. The molecule has 0 bridgehead atoms. The Bertz CT molecular complexity index is 1870. The van der Waals surface area contributed by atoms with Crippen LogP contribution in [-0.4, -0.2) is 34.1 Å². The van der Waals surface area contributed by atoms with Crippen molar-refractivity contribution in [1.82, 2.24) is 9.78 Å². The average molecular weight is 611 g/mol. The van der Waals surface area contributed by atoms with Gasteiger partial charge in [-0.2, -0.15) is 5.10 Å². The third kappa shape index (κ3) is 8.34. The van der Waals surface area contributed by atoms with Gasteiger partial charge in [-0.15, -0.1) is 0 Å². The summed E-state index contributed by atoms with van der Waals surface area (Å²) in [5.74, 6) is 6.59. The van der Waals surface area contributed by atoms with Gasteiger partial charge in [0.25, 0.3) is 0 Å². The van der Waals surface area contributed by atoms with E-state index in [2.05, 4.69) is 104 Å². The number of hydrogen-bond donors (Lipinski definition) is 1. The number of ether oxygens (including phenoxy) is 2. The van der Waals surface area contributed by atoms with Crippen molar-refractivity contribution in [3.8, 4) is 34.5 Å². The zero-order valence-corrected chi connectivity index (χ0v) is 26.7. The predicted octanol–water partition coefficient (Wildman–Crippen LogP) is 8.18. The predicted molar refractivity (Wildman–Crippen MR) is 183 cm³/mol. The summed E-state index contributed by atoms with van der Waals surface area (Å²) in [6, 6.07) is 32.8. The van der Waals surface area contributed by atoms with E-state index in [1.54, 1.807) is 23.0 Å². The third-order valence-corrected chi connectivity index (χ3v) is 7.54. The normalized spacial score (nSPS) is 11.4. The van der Waals surface area contributed by atoms with Crippen molar-refractivity contribution in [1.29, 1.82) is 0 Å². The number of aromatic nitrogens is 2. The number of carbonyl (C=O) groups is 1. The first-order valence-electron chi connectivity index (χ1n) is 15.2. The Balaban J connectivity index is 1.45. The molecule has 1 heterocycles. The van der Waals surface area contributed by atoms with Crippen LogP contribution in [0.3, 0.4) is 0 Å². The van der Waals surface area contributed by atoms with Gasteiger partial charge < -0.3 is 14.6 Å². The van der Waals surface area contributed by atoms with Crippen LogP contribution in [0.5, 0.6) is 11.5 Å². The molecule has 1 N–H and O–H groups in total. The maximum Gasteiger partial charge on any atom is 0.341 e. The maximum atomic E-state index is 10.9. The topological polar surface area (TPSA) is 73.6 Å². The molecule has 0 aliphatic carbocycles. The second kappa shape index (κ2) is 14.5. The van der Waals surface area contributed by atoms with Gasteiger partial charge in [0.05, 0.1) is 0 Å². The zero-order valence-electron chi connectivity index (χ0n) is 26.7. The summed E-state index contributed by atoms with van der Waals surface area (Å²) in [5.41, 5.74) is 8.56. The number of hydrogen-bond acceptors (Lipinski definition) is 4. The molecule has 5 aromatic rings. The van der Waals surface area contributed by atoms with E-state index < -0.39 is 5.97 Å². The van der Waals surface area contributed by atoms with E-state index in [1.165, 1.54) is 5.56 Å². The number of carboxylic acid groups (broad SMARTS) is 1. The van der Waals surface area contributed by atoms with Gasteiger partial charge in [0, 0.05) is 18.0 Å². The summed E-state index contributed by atoms with van der Waals surface area (Å²) in [7, 11) is 0. The Morgan fingerprint density at radius 2 is 1.70 bits per heavy atom. The van der Waals surface area contributed by atoms with Gasteiger partial charge in [-0.05, 0) is 93.8 Å². The first kappa shape index (κ1) is 31.9. The quantitative estimate of drug-likeness (QED) is 0.162. The van der Waals surface area contributed by atoms with E-state index in [-0.39, 0.29) is 12.0 Å². The lowest BCUT2D eigenvalue weighted by molar-refractivity contribution is -0.139. The highest BCUT2D eigenvalue weighted by molar-refractivity contribution is 5.89. The summed E-state index contributed by atoms with van der Waals surface area (Å²) in [4.78, 5) is 10.9. The maximum absolute atomic E-state index is 10.9. The van der Waals surface area contributed by atoms with Gasteiger partial charge >= 0.3 is 5.97 Å². The van der Waals surface area contributed by atoms with E-state index in [9.17, 15) is 4.79 Å². The molecule has 0 aliphatic rings. The van der Waals surface area contributed by atoms with Crippen LogP contribution in [-0.2, 0) is 16.8 Å². The van der Waals surface area contributed by atoms with E-state index in [4.69, 9.17) is 14.6 Å². The molecule has 5 rings (SSSR count). The van der Waals surface area contributed by atoms with Crippen LogP contribution in [0.4, 0.5) is 0 Å². The van der Waals surface area contributed by atoms with Gasteiger partial charge in [-0.3, -0.25) is 4.68 Å². The molecule has 1 aromatic heterocycles. The fraction of sp³-hybridized carbons (Fsp3) is 0.200. The minimum Gasteiger partial charge on any atom is -0.489 e. The number of rotatable bonds is 10. The Hall–Kier alpha value is -5.54. The molecule has 6 nitrogen and oxygen atoms in total. The number of nitrogens with zero attached hydrogens (tertiary/aromatic N) is 2. The van der Waals surface area contributed by atoms with Gasteiger partial charge in [0.2, 0.25) is 0 Å². The molecule has 6 heteroatoms. The van der Waals surface area contributed by atoms with Crippen LogP contribution >= 0.6 is 0 Å². The summed E-state index contributed by atoms with van der Waals surface area (Å²) in [6.07, 6.45) is 5.75. The van der Waals surface area contributed by atoms with Crippen LogP contribution in [0.1, 0.15) is 48.6 Å². The van der Waals surface area contributed by atoms with Crippen molar-refractivity contribution in [2.75, 3.05) is 13.2 Å². The highest BCUT2D eigenvalue weighted by Crippen LogP contribution is 2.34. The highest BCUT2D eigenvalue weighted by atomic mass is 16.5. The first-order valence-corrected chi connectivity index (χ1v) is 15.2. The Morgan fingerprint density at radius 3 is 2.37 bits per heavy atom. The fourth-order valence-corrected chi connectivity index (χ4v) is 5.09. The van der Waals surface area contributed by atoms with Crippen molar-refractivity contribution in [3.05, 3.63) is 143 Å².